The fraction of sp³-hybridized carbons (Fsp3) is 0.600. The Labute approximate surface area is 67.9 Å². The highest BCUT2D eigenvalue weighted by Crippen LogP contribution is 1.97. The van der Waals surface area contributed by atoms with Crippen molar-refractivity contribution in [2.45, 2.75) is 12.5 Å². The second-order valence-electron chi connectivity index (χ2n) is 1.81. The van der Waals surface area contributed by atoms with Gasteiger partial charge in [-0.25, -0.2) is 4.72 Å². The van der Waals surface area contributed by atoms with E-state index in [1.54, 1.807) is 6.26 Å². The van der Waals surface area contributed by atoms with E-state index in [9.17, 15) is 9.59 Å². The quantitative estimate of drug-likeness (QED) is 0.506. The van der Waals surface area contributed by atoms with Crippen LogP contribution in [0.3, 0.4) is 0 Å². The molecule has 0 aliphatic carbocycles. The number of carboxylic acid groups (broad SMARTS) is 2. The summed E-state index contributed by atoms with van der Waals surface area (Å²) in [6.45, 7) is 0. The van der Waals surface area contributed by atoms with Crippen LogP contribution in [-0.4, -0.2) is 34.4 Å². The Hall–Kier alpha value is -0.750. The van der Waals surface area contributed by atoms with Crippen molar-refractivity contribution in [1.29, 1.82) is 0 Å². The van der Waals surface area contributed by atoms with Gasteiger partial charge < -0.3 is 10.2 Å². The van der Waals surface area contributed by atoms with Crippen LogP contribution in [0.5, 0.6) is 0 Å². The second-order valence-corrected chi connectivity index (χ2v) is 2.45. The van der Waals surface area contributed by atoms with E-state index in [1.807, 2.05) is 0 Å². The van der Waals surface area contributed by atoms with Crippen molar-refractivity contribution in [2.75, 3.05) is 6.26 Å². The first kappa shape index (κ1) is 10.2. The normalized spacial score (nSPS) is 12.5. The zero-order chi connectivity index (χ0) is 8.85. The van der Waals surface area contributed by atoms with Crippen molar-refractivity contribution >= 4 is 23.9 Å². The average molecular weight is 179 g/mol. The topological polar surface area (TPSA) is 86.6 Å². The van der Waals surface area contributed by atoms with Gasteiger partial charge in [0.1, 0.15) is 6.04 Å². The summed E-state index contributed by atoms with van der Waals surface area (Å²) in [5, 5.41) is 16.7. The van der Waals surface area contributed by atoms with Gasteiger partial charge in [0.25, 0.3) is 0 Å². The van der Waals surface area contributed by atoms with E-state index < -0.39 is 24.4 Å². The van der Waals surface area contributed by atoms with Crippen molar-refractivity contribution < 1.29 is 19.8 Å². The molecule has 64 valence electrons. The number of rotatable bonds is 5. The first-order chi connectivity index (χ1) is 5.07. The van der Waals surface area contributed by atoms with Crippen LogP contribution in [0.1, 0.15) is 6.42 Å². The van der Waals surface area contributed by atoms with E-state index in [4.69, 9.17) is 10.2 Å². The van der Waals surface area contributed by atoms with Gasteiger partial charge in [-0.1, -0.05) is 11.9 Å². The fourth-order valence-electron chi connectivity index (χ4n) is 0.496. The van der Waals surface area contributed by atoms with Crippen LogP contribution in [0.25, 0.3) is 0 Å². The highest BCUT2D eigenvalue weighted by molar-refractivity contribution is 7.96. The molecule has 0 aliphatic rings. The number of hydrogen-bond acceptors (Lipinski definition) is 4. The number of aliphatic carboxylic acids is 2. The molecule has 0 saturated carbocycles. The van der Waals surface area contributed by atoms with Gasteiger partial charge in [0.2, 0.25) is 0 Å². The molecule has 0 rings (SSSR count). The molecule has 0 heterocycles. The van der Waals surface area contributed by atoms with Gasteiger partial charge in [0.15, 0.2) is 0 Å². The maximum absolute atomic E-state index is 10.3. The number of hydrogen-bond donors (Lipinski definition) is 3. The lowest BCUT2D eigenvalue weighted by atomic mass is 10.2. The molecule has 0 aromatic heterocycles. The van der Waals surface area contributed by atoms with Crippen LogP contribution in [0, 0.1) is 0 Å². The smallest absolute Gasteiger partial charge is 0.322 e. The summed E-state index contributed by atoms with van der Waals surface area (Å²) in [6.07, 6.45) is 1.23. The standard InChI is InChI=1S/C5H9NO4S/c1-11-6-3(5(9)10)2-4(7)8/h3,6H,2H2,1H3,(H,7,8)(H,9,10)/t3-/m0/s1. The highest BCUT2D eigenvalue weighted by Gasteiger charge is 2.19. The summed E-state index contributed by atoms with van der Waals surface area (Å²) in [5.74, 6) is -2.28. The zero-order valence-electron chi connectivity index (χ0n) is 5.90. The molecule has 0 bridgehead atoms. The Balaban J connectivity index is 3.89. The van der Waals surface area contributed by atoms with E-state index in [0.29, 0.717) is 0 Å². The van der Waals surface area contributed by atoms with E-state index in [1.165, 1.54) is 0 Å². The van der Waals surface area contributed by atoms with Crippen molar-refractivity contribution in [3.8, 4) is 0 Å². The molecule has 1 atom stereocenters. The SMILES string of the molecule is CSN[C@@H](CC(=O)O)C(=O)O. The van der Waals surface area contributed by atoms with Gasteiger partial charge in [-0.2, -0.15) is 0 Å². The Kier molecular flexibility index (Phi) is 4.64. The number of nitrogens with one attached hydrogen (secondary N) is 1. The minimum Gasteiger partial charge on any atom is -0.481 e. The van der Waals surface area contributed by atoms with E-state index in [-0.39, 0.29) is 0 Å². The van der Waals surface area contributed by atoms with Crippen molar-refractivity contribution in [2.24, 2.45) is 0 Å². The van der Waals surface area contributed by atoms with Gasteiger partial charge in [-0.05, 0) is 6.26 Å². The molecule has 0 aromatic carbocycles. The first-order valence-electron chi connectivity index (χ1n) is 2.81. The van der Waals surface area contributed by atoms with Crippen molar-refractivity contribution in [1.82, 2.24) is 4.72 Å². The van der Waals surface area contributed by atoms with Gasteiger partial charge in [0.05, 0.1) is 6.42 Å². The molecule has 0 amide bonds. The molecule has 0 aliphatic heterocycles. The lowest BCUT2D eigenvalue weighted by Crippen LogP contribution is -2.34. The molecule has 0 fully saturated rings. The van der Waals surface area contributed by atoms with E-state index in [0.717, 1.165) is 11.9 Å². The van der Waals surface area contributed by atoms with Gasteiger partial charge >= 0.3 is 11.9 Å². The second kappa shape index (κ2) is 4.97. The lowest BCUT2D eigenvalue weighted by molar-refractivity contribution is -0.145. The Morgan fingerprint density at radius 1 is 1.55 bits per heavy atom. The molecule has 0 saturated heterocycles. The molecule has 0 unspecified atom stereocenters. The van der Waals surface area contributed by atoms with Gasteiger partial charge in [-0.15, -0.1) is 0 Å². The third kappa shape index (κ3) is 4.63. The maximum atomic E-state index is 10.3. The van der Waals surface area contributed by atoms with Gasteiger partial charge in [-0.3, -0.25) is 9.59 Å². The molecule has 6 heteroatoms. The summed E-state index contributed by atoms with van der Waals surface area (Å²) >= 11 is 1.09. The number of carboxylic acids is 2. The Bertz CT molecular complexity index is 161. The predicted molar refractivity (Wildman–Crippen MR) is 40.3 cm³/mol. The third-order valence-corrected chi connectivity index (χ3v) is 1.46. The predicted octanol–water partition coefficient (Wildman–Crippen LogP) is -0.218. The van der Waals surface area contributed by atoms with Crippen LogP contribution in [0.4, 0.5) is 0 Å². The minimum absolute atomic E-state index is 0.407. The summed E-state index contributed by atoms with van der Waals surface area (Å²) < 4.78 is 2.45. The summed E-state index contributed by atoms with van der Waals surface area (Å²) in [4.78, 5) is 20.4. The summed E-state index contributed by atoms with van der Waals surface area (Å²) in [7, 11) is 0. The molecule has 0 aromatic rings. The Morgan fingerprint density at radius 3 is 2.36 bits per heavy atom. The summed E-state index contributed by atoms with van der Waals surface area (Å²) in [5.41, 5.74) is 0. The highest BCUT2D eigenvalue weighted by atomic mass is 32.2. The molecule has 0 radical (unpaired) electrons. The third-order valence-electron chi connectivity index (χ3n) is 0.937. The first-order valence-corrected chi connectivity index (χ1v) is 4.03. The Morgan fingerprint density at radius 2 is 2.09 bits per heavy atom. The number of carbonyl (C=O) groups is 2. The monoisotopic (exact) mass is 179 g/mol. The lowest BCUT2D eigenvalue weighted by Gasteiger charge is -2.08. The fourth-order valence-corrected chi connectivity index (χ4v) is 0.965. The molecular weight excluding hydrogens is 170 g/mol. The van der Waals surface area contributed by atoms with Crippen LogP contribution < -0.4 is 4.72 Å². The molecular formula is C5H9NO4S. The molecule has 0 spiro atoms. The average Bonchev–Trinajstić information content (AvgIpc) is 1.86. The van der Waals surface area contributed by atoms with Gasteiger partial charge in [0, 0.05) is 0 Å². The van der Waals surface area contributed by atoms with Crippen LogP contribution in [-0.2, 0) is 9.59 Å². The van der Waals surface area contributed by atoms with Crippen LogP contribution >= 0.6 is 11.9 Å². The molecule has 11 heavy (non-hydrogen) atoms. The van der Waals surface area contributed by atoms with Crippen molar-refractivity contribution in [3.63, 3.8) is 0 Å². The summed E-state index contributed by atoms with van der Waals surface area (Å²) in [6, 6.07) is -1.01. The zero-order valence-corrected chi connectivity index (χ0v) is 6.72. The van der Waals surface area contributed by atoms with E-state index >= 15 is 0 Å². The van der Waals surface area contributed by atoms with E-state index in [2.05, 4.69) is 4.72 Å². The molecule has 3 N–H and O–H groups in total. The maximum Gasteiger partial charge on any atom is 0.322 e. The largest absolute Gasteiger partial charge is 0.481 e. The van der Waals surface area contributed by atoms with Crippen molar-refractivity contribution in [3.05, 3.63) is 0 Å². The molecule has 5 nitrogen and oxygen atoms in total. The van der Waals surface area contributed by atoms with Crippen LogP contribution in [0.2, 0.25) is 0 Å². The van der Waals surface area contributed by atoms with Crippen LogP contribution in [0.15, 0.2) is 0 Å². The minimum atomic E-state index is -1.15.